The Hall–Kier alpha value is -0.820. The number of urea groups is 1. The fourth-order valence-electron chi connectivity index (χ4n) is 1.21. The normalized spacial score (nSPS) is 16.2. The molecule has 1 saturated heterocycles. The second-order valence-corrected chi connectivity index (χ2v) is 6.18. The van der Waals surface area contributed by atoms with Gasteiger partial charge in [-0.1, -0.05) is 36.9 Å². The van der Waals surface area contributed by atoms with Crippen molar-refractivity contribution in [1.82, 2.24) is 15.5 Å². The second-order valence-electron chi connectivity index (χ2n) is 3.40. The first kappa shape index (κ1) is 10.7. The van der Waals surface area contributed by atoms with Crippen molar-refractivity contribution in [2.24, 2.45) is 0 Å². The molecular weight excluding hydrogens is 232 g/mol. The van der Waals surface area contributed by atoms with Crippen LogP contribution in [0.3, 0.4) is 0 Å². The van der Waals surface area contributed by atoms with E-state index in [2.05, 4.69) is 29.4 Å². The van der Waals surface area contributed by atoms with Crippen LogP contribution in [0, 0.1) is 0 Å². The number of thioether (sulfide) groups is 1. The molecule has 7 heteroatoms. The number of aromatic nitrogens is 2. The summed E-state index contributed by atoms with van der Waals surface area (Å²) in [6.45, 7) is 5.58. The van der Waals surface area contributed by atoms with Crippen LogP contribution in [0.4, 0.5) is 9.93 Å². The van der Waals surface area contributed by atoms with Crippen molar-refractivity contribution < 1.29 is 4.79 Å². The Kier molecular flexibility index (Phi) is 3.11. The van der Waals surface area contributed by atoms with Gasteiger partial charge in [-0.25, -0.2) is 4.79 Å². The first-order valence-corrected chi connectivity index (χ1v) is 6.42. The summed E-state index contributed by atoms with van der Waals surface area (Å²) in [6, 6.07) is -0.0766. The van der Waals surface area contributed by atoms with Crippen molar-refractivity contribution in [3.8, 4) is 0 Å². The Morgan fingerprint density at radius 2 is 2.33 bits per heavy atom. The number of carbonyl (C=O) groups is 1. The molecule has 0 saturated carbocycles. The van der Waals surface area contributed by atoms with Gasteiger partial charge in [0.15, 0.2) is 4.34 Å². The molecule has 1 N–H and O–H groups in total. The largest absolute Gasteiger partial charge is 0.336 e. The number of amides is 2. The molecule has 82 valence electrons. The van der Waals surface area contributed by atoms with Gasteiger partial charge in [-0.15, -0.1) is 10.2 Å². The second kappa shape index (κ2) is 4.36. The van der Waals surface area contributed by atoms with Gasteiger partial charge in [0.2, 0.25) is 5.13 Å². The molecule has 2 heterocycles. The minimum Gasteiger partial charge on any atom is -0.336 e. The van der Waals surface area contributed by atoms with Crippen molar-refractivity contribution in [3.63, 3.8) is 0 Å². The molecule has 5 nitrogen and oxygen atoms in total. The quantitative estimate of drug-likeness (QED) is 0.647. The van der Waals surface area contributed by atoms with Crippen molar-refractivity contribution >= 4 is 34.3 Å². The van der Waals surface area contributed by atoms with E-state index in [0.717, 1.165) is 4.34 Å². The van der Waals surface area contributed by atoms with Gasteiger partial charge in [-0.05, 0) is 0 Å². The number of carbonyl (C=O) groups excluding carboxylic acids is 1. The third kappa shape index (κ3) is 2.40. The van der Waals surface area contributed by atoms with E-state index < -0.39 is 0 Å². The van der Waals surface area contributed by atoms with Gasteiger partial charge >= 0.3 is 6.03 Å². The highest BCUT2D eigenvalue weighted by atomic mass is 32.2. The van der Waals surface area contributed by atoms with Gasteiger partial charge in [0, 0.05) is 18.3 Å². The zero-order valence-electron chi connectivity index (χ0n) is 8.56. The number of nitrogens with one attached hydrogen (secondary N) is 1. The van der Waals surface area contributed by atoms with Crippen LogP contribution < -0.4 is 10.2 Å². The molecular formula is C8H12N4OS2. The third-order valence-electron chi connectivity index (χ3n) is 1.82. The summed E-state index contributed by atoms with van der Waals surface area (Å²) in [4.78, 5) is 13.0. The molecule has 1 aromatic rings. The molecule has 0 atom stereocenters. The predicted octanol–water partition coefficient (Wildman–Crippen LogP) is 1.57. The Morgan fingerprint density at radius 1 is 1.53 bits per heavy atom. The number of hydrogen-bond donors (Lipinski definition) is 1. The van der Waals surface area contributed by atoms with E-state index in [4.69, 9.17) is 0 Å². The lowest BCUT2D eigenvalue weighted by atomic mass is 10.6. The number of rotatable bonds is 3. The Bertz CT molecular complexity index is 365. The fraction of sp³-hybridized carbons (Fsp3) is 0.625. The number of nitrogens with zero attached hydrogens (tertiary/aromatic N) is 3. The molecule has 0 bridgehead atoms. The van der Waals surface area contributed by atoms with Crippen LogP contribution in [0.2, 0.25) is 0 Å². The van der Waals surface area contributed by atoms with Gasteiger partial charge in [-0.3, -0.25) is 4.90 Å². The van der Waals surface area contributed by atoms with E-state index in [0.29, 0.717) is 23.5 Å². The molecule has 0 aliphatic carbocycles. The maximum atomic E-state index is 11.4. The molecule has 0 spiro atoms. The monoisotopic (exact) mass is 244 g/mol. The van der Waals surface area contributed by atoms with Crippen LogP contribution in [0.25, 0.3) is 0 Å². The van der Waals surface area contributed by atoms with E-state index in [1.165, 1.54) is 11.3 Å². The fourth-order valence-corrected chi connectivity index (χ4v) is 3.30. The Labute approximate surface area is 96.3 Å². The van der Waals surface area contributed by atoms with Crippen LogP contribution in [-0.4, -0.2) is 34.6 Å². The minimum absolute atomic E-state index is 0.0766. The highest BCUT2D eigenvalue weighted by molar-refractivity contribution is 8.01. The summed E-state index contributed by atoms with van der Waals surface area (Å²) in [5.41, 5.74) is 0. The summed E-state index contributed by atoms with van der Waals surface area (Å²) < 4.78 is 0.916. The van der Waals surface area contributed by atoms with Crippen molar-refractivity contribution in [2.45, 2.75) is 23.4 Å². The molecule has 1 fully saturated rings. The van der Waals surface area contributed by atoms with E-state index in [-0.39, 0.29) is 6.03 Å². The van der Waals surface area contributed by atoms with E-state index in [1.807, 2.05) is 0 Å². The lowest BCUT2D eigenvalue weighted by Gasteiger charge is -2.07. The smallest absolute Gasteiger partial charge is 0.323 e. The van der Waals surface area contributed by atoms with Gasteiger partial charge in [-0.2, -0.15) is 0 Å². The van der Waals surface area contributed by atoms with Crippen LogP contribution in [-0.2, 0) is 0 Å². The summed E-state index contributed by atoms with van der Waals surface area (Å²) >= 11 is 3.13. The van der Waals surface area contributed by atoms with Crippen molar-refractivity contribution in [3.05, 3.63) is 0 Å². The summed E-state index contributed by atoms with van der Waals surface area (Å²) in [7, 11) is 0. The topological polar surface area (TPSA) is 58.1 Å². The van der Waals surface area contributed by atoms with E-state index >= 15 is 0 Å². The molecule has 15 heavy (non-hydrogen) atoms. The lowest BCUT2D eigenvalue weighted by Crippen LogP contribution is -2.27. The van der Waals surface area contributed by atoms with Gasteiger partial charge < -0.3 is 5.32 Å². The van der Waals surface area contributed by atoms with Crippen molar-refractivity contribution in [2.75, 3.05) is 18.0 Å². The SMILES string of the molecule is CC(C)Sc1nnc(N2CCNC2=O)s1. The highest BCUT2D eigenvalue weighted by Crippen LogP contribution is 2.30. The summed E-state index contributed by atoms with van der Waals surface area (Å²) in [5.74, 6) is 0. The molecule has 1 aromatic heterocycles. The molecule has 0 radical (unpaired) electrons. The van der Waals surface area contributed by atoms with Crippen LogP contribution >= 0.6 is 23.1 Å². The lowest BCUT2D eigenvalue weighted by molar-refractivity contribution is 0.252. The predicted molar refractivity (Wildman–Crippen MR) is 61.6 cm³/mol. The summed E-state index contributed by atoms with van der Waals surface area (Å²) in [5, 5.41) is 12.0. The van der Waals surface area contributed by atoms with Crippen molar-refractivity contribution in [1.29, 1.82) is 0 Å². The van der Waals surface area contributed by atoms with Gasteiger partial charge in [0.05, 0.1) is 0 Å². The zero-order chi connectivity index (χ0) is 10.8. The first-order chi connectivity index (χ1) is 7.16. The van der Waals surface area contributed by atoms with Crippen LogP contribution in [0.15, 0.2) is 4.34 Å². The molecule has 1 aliphatic rings. The van der Waals surface area contributed by atoms with Gasteiger partial charge in [0.25, 0.3) is 0 Å². The zero-order valence-corrected chi connectivity index (χ0v) is 10.2. The maximum absolute atomic E-state index is 11.4. The minimum atomic E-state index is -0.0766. The van der Waals surface area contributed by atoms with E-state index in [1.54, 1.807) is 16.7 Å². The molecule has 1 aliphatic heterocycles. The Balaban J connectivity index is 2.09. The van der Waals surface area contributed by atoms with Gasteiger partial charge in [0.1, 0.15) is 0 Å². The first-order valence-electron chi connectivity index (χ1n) is 4.72. The van der Waals surface area contributed by atoms with Crippen LogP contribution in [0.5, 0.6) is 0 Å². The molecule has 0 unspecified atom stereocenters. The highest BCUT2D eigenvalue weighted by Gasteiger charge is 2.24. The molecule has 2 amide bonds. The third-order valence-corrected chi connectivity index (χ3v) is 3.85. The Morgan fingerprint density at radius 3 is 2.93 bits per heavy atom. The average Bonchev–Trinajstić information content (AvgIpc) is 2.72. The molecule has 2 rings (SSSR count). The summed E-state index contributed by atoms with van der Waals surface area (Å²) in [6.07, 6.45) is 0. The maximum Gasteiger partial charge on any atom is 0.323 e. The van der Waals surface area contributed by atoms with Crippen LogP contribution in [0.1, 0.15) is 13.8 Å². The number of anilines is 1. The van der Waals surface area contributed by atoms with E-state index in [9.17, 15) is 4.79 Å². The average molecular weight is 244 g/mol. The standard InChI is InChI=1S/C8H12N4OS2/c1-5(2)14-8-11-10-7(15-8)12-4-3-9-6(12)13/h5H,3-4H2,1-2H3,(H,9,13). The molecule has 0 aromatic carbocycles. The number of hydrogen-bond acceptors (Lipinski definition) is 5.